The number of aromatic amines is 1. The number of rotatable bonds is 13. The first-order valence-electron chi connectivity index (χ1n) is 36.4. The van der Waals surface area contributed by atoms with Gasteiger partial charge in [0.2, 0.25) is 11.8 Å². The molecular weight excluding hydrogens is 1460 g/mol. The van der Waals surface area contributed by atoms with Gasteiger partial charge in [0, 0.05) is 122 Å². The van der Waals surface area contributed by atoms with Crippen molar-refractivity contribution in [1.82, 2.24) is 30.1 Å². The number of hydrogen-bond acceptors (Lipinski definition) is 25. The highest BCUT2D eigenvalue weighted by atomic mass is 32.2. The largest absolute Gasteiger partial charge is 0.508 e. The lowest BCUT2D eigenvalue weighted by atomic mass is 9.78. The highest BCUT2D eigenvalue weighted by Crippen LogP contribution is 2.53. The standard InChI is InChI=1S/C46H62N4O11.C17H19N3O3S.C16H19N3O5S/c1-22(2)21-50-18-16-46(17-19-50)48-34-31-32-39(54)28(8)42-33(31)43(56)45(10,61-42)59-20-15-30(58-11)25(5)41(60-29(9)51)27(7)38(53)26(6)37(52)23(3)13-12-14-24(4)44(57)47-36(40(32)55)35(34)49-46;1-10-8-18-15(11(2)16(10)23-4)9-24(21)17-19-13-6-5-12(22-3)7-14(13)20-17;1-16(2)11(15(23)24)19-13(22)10(14(19)25-16)18-12(21)9(17)7-3-5-8(20)6-4-7/h12-15,20,22-23,25-27,30,37-38,41,48,52-55H,16-19,21H2,1-11H3;5-8H,9H2,1-4H3,(H,19,20);3-6,9-11,14,20H,17H2,1-2H3,(H,18,21)(H,23,24)/b13-12+,20-15+,24-14-,47-36?;;/t23-,25+,26+,27+,30-,37-,38+,41+,45-;;9-,10-,11+,14-/m0.1/s1. The van der Waals surface area contributed by atoms with Crippen molar-refractivity contribution < 1.29 is 92.0 Å². The van der Waals surface area contributed by atoms with E-state index in [0.29, 0.717) is 35.2 Å². The molecule has 3 amide bonds. The van der Waals surface area contributed by atoms with Crippen LogP contribution in [-0.2, 0) is 54.7 Å². The molecule has 14 atom stereocenters. The van der Waals surface area contributed by atoms with E-state index in [1.165, 1.54) is 68.1 Å². The number of carbonyl (C=O) groups is 6. The van der Waals surface area contributed by atoms with E-state index in [1.807, 2.05) is 32.0 Å². The van der Waals surface area contributed by atoms with E-state index >= 15 is 0 Å². The van der Waals surface area contributed by atoms with Gasteiger partial charge in [0.1, 0.15) is 74.7 Å². The van der Waals surface area contributed by atoms with Crippen LogP contribution in [0.2, 0.25) is 0 Å². The molecule has 11 N–H and O–H groups in total. The van der Waals surface area contributed by atoms with Gasteiger partial charge in [0.15, 0.2) is 10.9 Å². The molecule has 6 aliphatic heterocycles. The van der Waals surface area contributed by atoms with Crippen molar-refractivity contribution in [2.45, 2.75) is 185 Å². The SMILES string of the molecule is CC1(C)S[C@@H]2[C@H](NC(=O)[C@H](N)c3ccc(O)cc3)C(=O)N2[C@H]1C(=O)O.CO[C@H]1/C=C/O[C@@]2(C)Oc3c(C)c(O)c4c(O)c(c5c(c4c3C2=O)NC2(CCN(CC(C)C)CC2)N=5)=NC(=O)/C(C)=C\C=C\[C@H](C)[C@H](O)[C@@H](C)[C@@H](O)[C@@H](C)[C@H](OC(C)=O)[C@@H]1C.COc1ccc2nc(S(=O)Cc3ncc(C)c(OC)c3C)[nH]c2c1. The van der Waals surface area contributed by atoms with Crippen LogP contribution >= 0.6 is 11.8 Å². The van der Waals surface area contributed by atoms with Crippen molar-refractivity contribution in [2.75, 3.05) is 46.3 Å². The van der Waals surface area contributed by atoms with E-state index in [2.05, 4.69) is 49.3 Å². The summed E-state index contributed by atoms with van der Waals surface area (Å²) in [6.07, 6.45) is 6.81. The van der Waals surface area contributed by atoms with E-state index in [-0.39, 0.29) is 61.2 Å². The molecule has 31 heteroatoms. The fraction of sp³-hybridized carbons (Fsp3) is 0.494. The number of allylic oxidation sites excluding steroid dienone is 2. The molecule has 592 valence electrons. The fourth-order valence-electron chi connectivity index (χ4n) is 15.1. The maximum absolute atomic E-state index is 14.7. The number of anilines is 1. The minimum absolute atomic E-state index is 0.0538. The van der Waals surface area contributed by atoms with Gasteiger partial charge in [0.25, 0.3) is 11.7 Å². The number of aliphatic hydroxyl groups is 2. The number of hydrogen-bond donors (Lipinski definition) is 10. The second-order valence-electron chi connectivity index (χ2n) is 30.1. The van der Waals surface area contributed by atoms with E-state index in [9.17, 15) is 63.6 Å². The number of carbonyl (C=O) groups excluding carboxylic acids is 5. The number of likely N-dealkylation sites (tertiary alicyclic amines) is 1. The number of carboxylic acids is 1. The molecule has 0 radical (unpaired) electrons. The molecule has 0 saturated carbocycles. The maximum Gasteiger partial charge on any atom is 0.327 e. The van der Waals surface area contributed by atoms with E-state index in [1.54, 1.807) is 100 Å². The van der Waals surface area contributed by atoms with Gasteiger partial charge in [-0.3, -0.25) is 38.2 Å². The summed E-state index contributed by atoms with van der Waals surface area (Å²) in [5.74, 6) is -6.72. The molecule has 6 aromatic rings. The number of esters is 1. The molecule has 2 aromatic heterocycles. The number of Topliss-reactive ketones (excluding diaryl/α,β-unsaturated/α-hetero) is 1. The lowest BCUT2D eigenvalue weighted by Crippen LogP contribution is -2.71. The van der Waals surface area contributed by atoms with Crippen molar-refractivity contribution in [3.8, 4) is 34.5 Å². The second-order valence-corrected chi connectivity index (χ2v) is 33.2. The maximum atomic E-state index is 14.7. The molecule has 4 bridgehead atoms. The number of nitrogens with zero attached hydrogens (tertiary/aromatic N) is 6. The van der Waals surface area contributed by atoms with Gasteiger partial charge in [-0.25, -0.2) is 14.8 Å². The summed E-state index contributed by atoms with van der Waals surface area (Å²) in [5.41, 5.74) is 10.5. The zero-order valence-corrected chi connectivity index (χ0v) is 66.5. The van der Waals surface area contributed by atoms with Crippen molar-refractivity contribution in [3.05, 3.63) is 129 Å². The highest BCUT2D eigenvalue weighted by molar-refractivity contribution is 8.01. The van der Waals surface area contributed by atoms with Crippen LogP contribution in [-0.4, -0.2) is 194 Å². The zero-order chi connectivity index (χ0) is 80.7. The number of ether oxygens (including phenoxy) is 6. The zero-order valence-electron chi connectivity index (χ0n) is 64.8. The number of aliphatic hydroxyl groups excluding tert-OH is 2. The Balaban J connectivity index is 0.000000213. The number of pyridine rings is 1. The second kappa shape index (κ2) is 33.2. The van der Waals surface area contributed by atoms with Gasteiger partial charge in [-0.1, -0.05) is 71.9 Å². The van der Waals surface area contributed by atoms with Crippen molar-refractivity contribution >= 4 is 85.5 Å². The number of aromatic nitrogens is 3. The topological polar surface area (TPSA) is 419 Å². The average molecular weight is 1560 g/mol. The van der Waals surface area contributed by atoms with Gasteiger partial charge in [0.05, 0.1) is 88.7 Å². The number of amides is 3. The van der Waals surface area contributed by atoms with Crippen molar-refractivity contribution in [2.24, 2.45) is 45.3 Å². The first-order chi connectivity index (χ1) is 51.8. The van der Waals surface area contributed by atoms with E-state index in [0.717, 1.165) is 59.0 Å². The number of piperidine rings is 1. The molecular formula is C79H100N10O19S2. The molecule has 4 aromatic carbocycles. The Morgan fingerprint density at radius 3 is 2.18 bits per heavy atom. The average Bonchev–Trinajstić information content (AvgIpc) is 1.53. The number of β-lactam (4-membered cyclic amide) rings is 1. The van der Waals surface area contributed by atoms with Crippen LogP contribution in [0, 0.1) is 50.4 Å². The van der Waals surface area contributed by atoms with Crippen LogP contribution in [0.25, 0.3) is 21.8 Å². The predicted octanol–water partition coefficient (Wildman–Crippen LogP) is 7.67. The number of imidazole rings is 1. The molecule has 1 spiro atoms. The summed E-state index contributed by atoms with van der Waals surface area (Å²) >= 11 is 1.35. The molecule has 8 heterocycles. The third-order valence-corrected chi connectivity index (χ3v) is 24.1. The molecule has 1 unspecified atom stereocenters. The number of benzene rings is 4. The lowest BCUT2D eigenvalue weighted by Gasteiger charge is -2.43. The molecule has 3 saturated heterocycles. The number of phenolic OH excluding ortho intramolecular Hbond substituents is 3. The number of aryl methyl sites for hydroxylation is 1. The number of methoxy groups -OCH3 is 3. The number of carboxylic acid groups (broad SMARTS) is 1. The molecule has 29 nitrogen and oxygen atoms in total. The summed E-state index contributed by atoms with van der Waals surface area (Å²) in [6.45, 7) is 26.9. The fourth-order valence-corrected chi connectivity index (χ4v) is 17.8. The minimum atomic E-state index is -1.95. The third kappa shape index (κ3) is 16.6. The van der Waals surface area contributed by atoms with Gasteiger partial charge in [-0.2, -0.15) is 0 Å². The first kappa shape index (κ1) is 83.0. The number of ketones is 1. The number of thioether (sulfide) groups is 1. The number of phenols is 3. The van der Waals surface area contributed by atoms with E-state index in [4.69, 9.17) is 39.1 Å². The quantitative estimate of drug-likeness (QED) is 0.0301. The lowest BCUT2D eigenvalue weighted by molar-refractivity contribution is -0.161. The molecule has 0 aliphatic carbocycles. The normalized spacial score (nSPS) is 27.2. The van der Waals surface area contributed by atoms with Gasteiger partial charge in [-0.05, 0) is 83.4 Å². The van der Waals surface area contributed by atoms with Crippen LogP contribution in [0.4, 0.5) is 5.69 Å². The number of fused-ring (bicyclic) bond motifs is 3. The van der Waals surface area contributed by atoms with Crippen LogP contribution in [0.5, 0.6) is 34.5 Å². The van der Waals surface area contributed by atoms with Gasteiger partial charge in [-0.15, -0.1) is 11.8 Å². The Labute approximate surface area is 644 Å². The number of nitrogens with two attached hydrogens (primary N) is 1. The van der Waals surface area contributed by atoms with Crippen molar-refractivity contribution in [1.29, 1.82) is 0 Å². The highest BCUT2D eigenvalue weighted by Gasteiger charge is 2.64. The number of nitrogens with one attached hydrogen (secondary N) is 3. The summed E-state index contributed by atoms with van der Waals surface area (Å²) < 4.78 is 46.6. The molecule has 12 rings (SSSR count). The Morgan fingerprint density at radius 1 is 0.873 bits per heavy atom. The summed E-state index contributed by atoms with van der Waals surface area (Å²) in [5, 5.41) is 71.8. The van der Waals surface area contributed by atoms with E-state index < -0.39 is 140 Å². The minimum Gasteiger partial charge on any atom is -0.508 e. The summed E-state index contributed by atoms with van der Waals surface area (Å²) in [6, 6.07) is 8.70. The van der Waals surface area contributed by atoms with Crippen LogP contribution in [0.15, 0.2) is 99.9 Å². The number of H-pyrrole nitrogens is 1. The monoisotopic (exact) mass is 1560 g/mol. The molecule has 3 fully saturated rings. The summed E-state index contributed by atoms with van der Waals surface area (Å²) in [4.78, 5) is 102. The van der Waals surface area contributed by atoms with Crippen LogP contribution < -0.4 is 41.3 Å². The number of aliphatic carboxylic acids is 1. The Hall–Kier alpha value is -9.50. The Bertz CT molecular complexity index is 4830. The first-order valence-corrected chi connectivity index (χ1v) is 38.6. The molecule has 110 heavy (non-hydrogen) atoms. The van der Waals surface area contributed by atoms with Crippen LogP contribution in [0.3, 0.4) is 0 Å². The summed E-state index contributed by atoms with van der Waals surface area (Å²) in [7, 11) is 3.37. The Kier molecular flexibility index (Phi) is 25.1. The predicted molar refractivity (Wildman–Crippen MR) is 411 cm³/mol. The van der Waals surface area contributed by atoms with Crippen molar-refractivity contribution in [3.63, 3.8) is 0 Å². The van der Waals surface area contributed by atoms with Gasteiger partial charge < -0.3 is 90.2 Å². The number of aromatic hydroxyl groups is 3. The Morgan fingerprint density at radius 2 is 1.55 bits per heavy atom. The third-order valence-electron chi connectivity index (χ3n) is 21.3. The smallest absolute Gasteiger partial charge is 0.327 e. The van der Waals surface area contributed by atoms with Gasteiger partial charge >= 0.3 is 17.7 Å². The molecule has 6 aliphatic rings. The van der Waals surface area contributed by atoms with Crippen LogP contribution in [0.1, 0.15) is 133 Å².